The van der Waals surface area contributed by atoms with Gasteiger partial charge in [0.25, 0.3) is 0 Å². The molecule has 92 valence electrons. The van der Waals surface area contributed by atoms with E-state index in [2.05, 4.69) is 0 Å². The van der Waals surface area contributed by atoms with Gasteiger partial charge in [-0.05, 0) is 37.5 Å². The van der Waals surface area contributed by atoms with Crippen LogP contribution in [-0.4, -0.2) is 29.3 Å². The first-order valence-corrected chi connectivity index (χ1v) is 6.07. The molecule has 0 aliphatic heterocycles. The number of ketones is 1. The Morgan fingerprint density at radius 2 is 1.62 bits per heavy atom. The van der Waals surface area contributed by atoms with Gasteiger partial charge in [-0.25, -0.2) is 8.78 Å². The van der Waals surface area contributed by atoms with Gasteiger partial charge in [0.15, 0.2) is 6.17 Å². The van der Waals surface area contributed by atoms with E-state index >= 15 is 0 Å². The first-order chi connectivity index (χ1) is 7.59. The van der Waals surface area contributed by atoms with Crippen molar-refractivity contribution in [2.45, 2.75) is 57.0 Å². The second-order valence-corrected chi connectivity index (χ2v) is 5.07. The van der Waals surface area contributed by atoms with E-state index < -0.39 is 18.4 Å². The molecule has 4 heteroatoms. The van der Waals surface area contributed by atoms with Crippen LogP contribution in [0.2, 0.25) is 0 Å². The molecule has 0 radical (unpaired) electrons. The molecule has 0 heterocycles. The molecule has 2 rings (SSSR count). The Hall–Kier alpha value is -0.510. The third kappa shape index (κ3) is 2.26. The zero-order chi connectivity index (χ0) is 11.7. The van der Waals surface area contributed by atoms with Crippen LogP contribution in [0.1, 0.15) is 38.5 Å². The minimum absolute atomic E-state index is 0.124. The van der Waals surface area contributed by atoms with Gasteiger partial charge in [-0.1, -0.05) is 0 Å². The van der Waals surface area contributed by atoms with Crippen LogP contribution in [0, 0.1) is 11.8 Å². The number of rotatable bonds is 1. The molecule has 0 saturated heterocycles. The number of carbonyl (C=O) groups excluding carboxylic acids is 1. The van der Waals surface area contributed by atoms with E-state index in [0.717, 1.165) is 0 Å². The Morgan fingerprint density at radius 3 is 2.25 bits per heavy atom. The van der Waals surface area contributed by atoms with Crippen molar-refractivity contribution in [1.29, 1.82) is 0 Å². The van der Waals surface area contributed by atoms with Crippen molar-refractivity contribution in [2.24, 2.45) is 11.8 Å². The Morgan fingerprint density at radius 1 is 1.00 bits per heavy atom. The molecule has 0 aromatic rings. The Kier molecular flexibility index (Phi) is 3.57. The van der Waals surface area contributed by atoms with Gasteiger partial charge in [-0.2, -0.15) is 0 Å². The molecule has 2 aliphatic rings. The summed E-state index contributed by atoms with van der Waals surface area (Å²) < 4.78 is 27.1. The molecule has 16 heavy (non-hydrogen) atoms. The number of aliphatic hydroxyl groups excluding tert-OH is 1. The maximum absolute atomic E-state index is 13.8. The van der Waals surface area contributed by atoms with Crippen molar-refractivity contribution in [3.63, 3.8) is 0 Å². The molecule has 0 aromatic heterocycles. The summed E-state index contributed by atoms with van der Waals surface area (Å²) >= 11 is 0. The number of carbonyl (C=O) groups is 1. The average molecular weight is 232 g/mol. The number of hydrogen-bond acceptors (Lipinski definition) is 2. The van der Waals surface area contributed by atoms with Crippen LogP contribution in [-0.2, 0) is 4.79 Å². The first kappa shape index (κ1) is 12.0. The van der Waals surface area contributed by atoms with Gasteiger partial charge in [-0.15, -0.1) is 0 Å². The monoisotopic (exact) mass is 232 g/mol. The fourth-order valence-corrected chi connectivity index (χ4v) is 3.02. The minimum atomic E-state index is -1.74. The summed E-state index contributed by atoms with van der Waals surface area (Å²) in [5.74, 6) is 0.0595. The lowest BCUT2D eigenvalue weighted by molar-refractivity contribution is -0.122. The second-order valence-electron chi connectivity index (χ2n) is 5.07. The van der Waals surface area contributed by atoms with E-state index in [-0.39, 0.29) is 17.6 Å². The third-order valence-corrected chi connectivity index (χ3v) is 4.07. The second kappa shape index (κ2) is 4.78. The predicted molar refractivity (Wildman–Crippen MR) is 55.5 cm³/mol. The molecular weight excluding hydrogens is 214 g/mol. The summed E-state index contributed by atoms with van der Waals surface area (Å²) in [5, 5.41) is 9.24. The number of hydrogen-bond donors (Lipinski definition) is 1. The molecule has 2 fully saturated rings. The molecule has 0 amide bonds. The van der Waals surface area contributed by atoms with Gasteiger partial charge < -0.3 is 5.11 Å². The lowest BCUT2D eigenvalue weighted by Gasteiger charge is -2.38. The van der Waals surface area contributed by atoms with Crippen molar-refractivity contribution in [3.8, 4) is 0 Å². The summed E-state index contributed by atoms with van der Waals surface area (Å²) in [6.45, 7) is 0. The Bertz CT molecular complexity index is 260. The lowest BCUT2D eigenvalue weighted by Crippen LogP contribution is -2.44. The SMILES string of the molecule is O=C1CCC(C2CCC(O)C(F)C2F)CC1. The summed E-state index contributed by atoms with van der Waals surface area (Å²) in [7, 11) is 0. The van der Waals surface area contributed by atoms with Gasteiger partial charge in [0.2, 0.25) is 0 Å². The van der Waals surface area contributed by atoms with Crippen LogP contribution in [0.4, 0.5) is 8.78 Å². The minimum Gasteiger partial charge on any atom is -0.390 e. The van der Waals surface area contributed by atoms with Gasteiger partial charge in [0, 0.05) is 12.8 Å². The number of halogens is 2. The standard InChI is InChI=1S/C12H18F2O2/c13-11-9(5-6-10(16)12(11)14)7-1-3-8(15)4-2-7/h7,9-12,16H,1-6H2. The summed E-state index contributed by atoms with van der Waals surface area (Å²) in [6.07, 6.45) is -1.16. The predicted octanol–water partition coefficient (Wildman–Crippen LogP) is 2.19. The molecule has 0 bridgehead atoms. The van der Waals surface area contributed by atoms with Crippen molar-refractivity contribution >= 4 is 5.78 Å². The molecule has 2 saturated carbocycles. The molecule has 4 atom stereocenters. The van der Waals surface area contributed by atoms with Crippen LogP contribution >= 0.6 is 0 Å². The number of aliphatic hydroxyl groups is 1. The summed E-state index contributed by atoms with van der Waals surface area (Å²) in [4.78, 5) is 11.1. The third-order valence-electron chi connectivity index (χ3n) is 4.07. The van der Waals surface area contributed by atoms with Crippen LogP contribution in [0.3, 0.4) is 0 Å². The van der Waals surface area contributed by atoms with E-state index in [1.165, 1.54) is 0 Å². The maximum Gasteiger partial charge on any atom is 0.157 e. The van der Waals surface area contributed by atoms with Crippen LogP contribution < -0.4 is 0 Å². The largest absolute Gasteiger partial charge is 0.390 e. The molecule has 0 aromatic carbocycles. The molecule has 2 aliphatic carbocycles. The average Bonchev–Trinajstić information content (AvgIpc) is 2.28. The smallest absolute Gasteiger partial charge is 0.157 e. The highest BCUT2D eigenvalue weighted by molar-refractivity contribution is 5.79. The highest BCUT2D eigenvalue weighted by Gasteiger charge is 2.43. The Balaban J connectivity index is 1.96. The summed E-state index contributed by atoms with van der Waals surface area (Å²) in [5.41, 5.74) is 0. The van der Waals surface area contributed by atoms with Gasteiger partial charge in [0.1, 0.15) is 12.0 Å². The van der Waals surface area contributed by atoms with Crippen molar-refractivity contribution in [3.05, 3.63) is 0 Å². The van der Waals surface area contributed by atoms with E-state index in [9.17, 15) is 18.7 Å². The molecule has 2 nitrogen and oxygen atoms in total. The normalized spacial score (nSPS) is 42.3. The number of Topliss-reactive ketones (excluding diaryl/α,β-unsaturated/α-hetero) is 1. The molecule has 0 spiro atoms. The lowest BCUT2D eigenvalue weighted by atomic mass is 9.71. The van der Waals surface area contributed by atoms with Gasteiger partial charge >= 0.3 is 0 Å². The van der Waals surface area contributed by atoms with Gasteiger partial charge in [-0.3, -0.25) is 4.79 Å². The molecular formula is C12H18F2O2. The zero-order valence-electron chi connectivity index (χ0n) is 9.24. The first-order valence-electron chi connectivity index (χ1n) is 6.07. The van der Waals surface area contributed by atoms with E-state index in [1.54, 1.807) is 0 Å². The van der Waals surface area contributed by atoms with E-state index in [0.29, 0.717) is 38.5 Å². The van der Waals surface area contributed by atoms with Crippen molar-refractivity contribution < 1.29 is 18.7 Å². The fraction of sp³-hybridized carbons (Fsp3) is 0.917. The van der Waals surface area contributed by atoms with Crippen LogP contribution in [0.5, 0.6) is 0 Å². The van der Waals surface area contributed by atoms with E-state index in [4.69, 9.17) is 0 Å². The van der Waals surface area contributed by atoms with Crippen LogP contribution in [0.15, 0.2) is 0 Å². The highest BCUT2D eigenvalue weighted by atomic mass is 19.2. The maximum atomic E-state index is 13.8. The van der Waals surface area contributed by atoms with Crippen molar-refractivity contribution in [2.75, 3.05) is 0 Å². The summed E-state index contributed by atoms with van der Waals surface area (Å²) in [6, 6.07) is 0. The van der Waals surface area contributed by atoms with Crippen LogP contribution in [0.25, 0.3) is 0 Å². The Labute approximate surface area is 94.0 Å². The quantitative estimate of drug-likeness (QED) is 0.752. The highest BCUT2D eigenvalue weighted by Crippen LogP contribution is 2.40. The number of alkyl halides is 2. The van der Waals surface area contributed by atoms with Crippen molar-refractivity contribution in [1.82, 2.24) is 0 Å². The fourth-order valence-electron chi connectivity index (χ4n) is 3.02. The van der Waals surface area contributed by atoms with Gasteiger partial charge in [0.05, 0.1) is 6.10 Å². The van der Waals surface area contributed by atoms with E-state index in [1.807, 2.05) is 0 Å². The molecule has 1 N–H and O–H groups in total. The topological polar surface area (TPSA) is 37.3 Å². The molecule has 4 unspecified atom stereocenters. The zero-order valence-corrected chi connectivity index (χ0v) is 9.24.